The van der Waals surface area contributed by atoms with Crippen molar-refractivity contribution in [3.63, 3.8) is 0 Å². The van der Waals surface area contributed by atoms with Crippen LogP contribution >= 0.6 is 11.8 Å². The van der Waals surface area contributed by atoms with E-state index < -0.39 is 0 Å². The van der Waals surface area contributed by atoms with Crippen LogP contribution in [0, 0.1) is 0 Å². The fraction of sp³-hybridized carbons (Fsp3) is 0.273. The minimum atomic E-state index is 0.359. The van der Waals surface area contributed by atoms with Gasteiger partial charge in [0.15, 0.2) is 0 Å². The van der Waals surface area contributed by atoms with Crippen molar-refractivity contribution >= 4 is 22.7 Å². The Morgan fingerprint density at radius 1 is 1.43 bits per heavy atom. The summed E-state index contributed by atoms with van der Waals surface area (Å²) in [5.41, 5.74) is 2.17. The molecular formula is C11H13NOS. The predicted molar refractivity (Wildman–Crippen MR) is 61.8 cm³/mol. The quantitative estimate of drug-likeness (QED) is 0.819. The lowest BCUT2D eigenvalue weighted by Gasteiger charge is -2.03. The second kappa shape index (κ2) is 3.58. The van der Waals surface area contributed by atoms with E-state index >= 15 is 0 Å². The van der Waals surface area contributed by atoms with Crippen LogP contribution in [0.2, 0.25) is 0 Å². The van der Waals surface area contributed by atoms with Crippen LogP contribution in [0.1, 0.15) is 5.69 Å². The van der Waals surface area contributed by atoms with Gasteiger partial charge in [0, 0.05) is 23.9 Å². The first-order valence-electron chi connectivity index (χ1n) is 4.49. The van der Waals surface area contributed by atoms with E-state index in [1.165, 1.54) is 5.69 Å². The lowest BCUT2D eigenvalue weighted by Crippen LogP contribution is -1.93. The molecule has 0 aliphatic carbocycles. The summed E-state index contributed by atoms with van der Waals surface area (Å²) < 4.78 is 2.06. The number of nitrogens with zero attached hydrogens (tertiary/aromatic N) is 1. The summed E-state index contributed by atoms with van der Waals surface area (Å²) in [7, 11) is 1.99. The number of thioether (sulfide) groups is 1. The first kappa shape index (κ1) is 9.46. The van der Waals surface area contributed by atoms with Gasteiger partial charge in [-0.3, -0.25) is 0 Å². The zero-order valence-corrected chi connectivity index (χ0v) is 9.14. The maximum Gasteiger partial charge on any atom is 0.139 e. The van der Waals surface area contributed by atoms with Gasteiger partial charge in [0.1, 0.15) is 5.75 Å². The number of hydrogen-bond donors (Lipinski definition) is 1. The fourth-order valence-electron chi connectivity index (χ4n) is 1.74. The van der Waals surface area contributed by atoms with Crippen molar-refractivity contribution < 1.29 is 5.11 Å². The molecule has 1 N–H and O–H groups in total. The van der Waals surface area contributed by atoms with Crippen LogP contribution in [0.3, 0.4) is 0 Å². The largest absolute Gasteiger partial charge is 0.506 e. The van der Waals surface area contributed by atoms with Gasteiger partial charge in [0.05, 0.1) is 5.52 Å². The minimum Gasteiger partial charge on any atom is -0.506 e. The summed E-state index contributed by atoms with van der Waals surface area (Å²) >= 11 is 1.79. The Morgan fingerprint density at radius 2 is 2.21 bits per heavy atom. The van der Waals surface area contributed by atoms with E-state index in [1.807, 2.05) is 19.2 Å². The van der Waals surface area contributed by atoms with Crippen molar-refractivity contribution in [1.29, 1.82) is 0 Å². The van der Waals surface area contributed by atoms with Crippen LogP contribution in [0.4, 0.5) is 0 Å². The third-order valence-electron chi connectivity index (χ3n) is 2.43. The van der Waals surface area contributed by atoms with Crippen molar-refractivity contribution in [2.45, 2.75) is 5.75 Å². The molecule has 0 saturated heterocycles. The van der Waals surface area contributed by atoms with Crippen molar-refractivity contribution in [2.75, 3.05) is 6.26 Å². The van der Waals surface area contributed by atoms with Crippen LogP contribution in [-0.4, -0.2) is 15.9 Å². The predicted octanol–water partition coefficient (Wildman–Crippen LogP) is 2.75. The molecule has 0 unspecified atom stereocenters. The first-order valence-corrected chi connectivity index (χ1v) is 5.88. The summed E-state index contributed by atoms with van der Waals surface area (Å²) in [4.78, 5) is 0. The van der Waals surface area contributed by atoms with Gasteiger partial charge >= 0.3 is 0 Å². The van der Waals surface area contributed by atoms with Crippen molar-refractivity contribution in [2.24, 2.45) is 7.05 Å². The van der Waals surface area contributed by atoms with Gasteiger partial charge in [0.25, 0.3) is 0 Å². The molecule has 0 aliphatic heterocycles. The van der Waals surface area contributed by atoms with Crippen molar-refractivity contribution in [1.82, 2.24) is 4.57 Å². The van der Waals surface area contributed by atoms with E-state index in [0.717, 1.165) is 16.7 Å². The zero-order chi connectivity index (χ0) is 10.1. The lowest BCUT2D eigenvalue weighted by molar-refractivity contribution is 0.478. The van der Waals surface area contributed by atoms with Gasteiger partial charge in [-0.05, 0) is 18.4 Å². The van der Waals surface area contributed by atoms with Gasteiger partial charge in [-0.2, -0.15) is 11.8 Å². The number of phenols is 1. The Balaban J connectivity index is 2.68. The van der Waals surface area contributed by atoms with Crippen molar-refractivity contribution in [3.8, 4) is 5.75 Å². The van der Waals surface area contributed by atoms with Crippen LogP contribution in [-0.2, 0) is 12.8 Å². The second-order valence-electron chi connectivity index (χ2n) is 3.34. The summed E-state index contributed by atoms with van der Waals surface area (Å²) in [6.07, 6.45) is 2.08. The van der Waals surface area contributed by atoms with E-state index in [-0.39, 0.29) is 0 Å². The highest BCUT2D eigenvalue weighted by atomic mass is 32.2. The average molecular weight is 207 g/mol. The third kappa shape index (κ3) is 1.38. The maximum absolute atomic E-state index is 9.71. The number of benzene rings is 1. The molecule has 14 heavy (non-hydrogen) atoms. The number of rotatable bonds is 2. The first-order chi connectivity index (χ1) is 6.74. The highest BCUT2D eigenvalue weighted by Crippen LogP contribution is 2.28. The molecule has 0 fully saturated rings. The van der Waals surface area contributed by atoms with Gasteiger partial charge in [-0.15, -0.1) is 0 Å². The summed E-state index contributed by atoms with van der Waals surface area (Å²) in [5.74, 6) is 1.34. The molecule has 2 nitrogen and oxygen atoms in total. The van der Waals surface area contributed by atoms with Crippen LogP contribution in [0.25, 0.3) is 10.9 Å². The Labute approximate surface area is 87.5 Å². The molecular weight excluding hydrogens is 194 g/mol. The number of fused-ring (bicyclic) bond motifs is 1. The molecule has 1 heterocycles. The highest BCUT2D eigenvalue weighted by Gasteiger charge is 2.07. The fourth-order valence-corrected chi connectivity index (χ4v) is 2.31. The van der Waals surface area contributed by atoms with Crippen LogP contribution < -0.4 is 0 Å². The SMILES string of the molecule is CSCc1cc2cccc(O)c2n1C. The molecule has 2 rings (SSSR count). The summed E-state index contributed by atoms with van der Waals surface area (Å²) in [5, 5.41) is 10.8. The molecule has 0 spiro atoms. The molecule has 3 heteroatoms. The molecule has 0 amide bonds. The lowest BCUT2D eigenvalue weighted by atomic mass is 10.2. The number of aromatic nitrogens is 1. The second-order valence-corrected chi connectivity index (χ2v) is 4.21. The third-order valence-corrected chi connectivity index (χ3v) is 3.01. The number of phenolic OH excluding ortho intramolecular Hbond substituents is 1. The molecule has 0 saturated carbocycles. The van der Waals surface area contributed by atoms with Crippen molar-refractivity contribution in [3.05, 3.63) is 30.0 Å². The van der Waals surface area contributed by atoms with Gasteiger partial charge in [-0.1, -0.05) is 12.1 Å². The van der Waals surface area contributed by atoms with E-state index in [0.29, 0.717) is 5.75 Å². The van der Waals surface area contributed by atoms with Crippen LogP contribution in [0.15, 0.2) is 24.3 Å². The number of aryl methyl sites for hydroxylation is 1. The molecule has 0 atom stereocenters. The molecule has 1 aromatic heterocycles. The number of hydrogen-bond acceptors (Lipinski definition) is 2. The Bertz CT molecular complexity index is 462. The van der Waals surface area contributed by atoms with E-state index in [9.17, 15) is 5.11 Å². The minimum absolute atomic E-state index is 0.359. The topological polar surface area (TPSA) is 25.2 Å². The number of aromatic hydroxyl groups is 1. The molecule has 0 bridgehead atoms. The summed E-state index contributed by atoms with van der Waals surface area (Å²) in [6, 6.07) is 7.76. The van der Waals surface area contributed by atoms with E-state index in [1.54, 1.807) is 17.8 Å². The smallest absolute Gasteiger partial charge is 0.139 e. The Hall–Kier alpha value is -1.09. The molecule has 0 aliphatic rings. The normalized spacial score (nSPS) is 11.0. The van der Waals surface area contributed by atoms with Gasteiger partial charge in [-0.25, -0.2) is 0 Å². The number of para-hydroxylation sites is 1. The monoisotopic (exact) mass is 207 g/mol. The molecule has 2 aromatic rings. The zero-order valence-electron chi connectivity index (χ0n) is 8.32. The van der Waals surface area contributed by atoms with E-state index in [2.05, 4.69) is 16.9 Å². The molecule has 0 radical (unpaired) electrons. The Morgan fingerprint density at radius 3 is 2.86 bits per heavy atom. The molecule has 74 valence electrons. The summed E-state index contributed by atoms with van der Waals surface area (Å²) in [6.45, 7) is 0. The van der Waals surface area contributed by atoms with Crippen LogP contribution in [0.5, 0.6) is 5.75 Å². The van der Waals surface area contributed by atoms with E-state index in [4.69, 9.17) is 0 Å². The molecule has 1 aromatic carbocycles. The van der Waals surface area contributed by atoms with Gasteiger partial charge < -0.3 is 9.67 Å². The highest BCUT2D eigenvalue weighted by molar-refractivity contribution is 7.97. The van der Waals surface area contributed by atoms with Gasteiger partial charge in [0.2, 0.25) is 0 Å². The Kier molecular flexibility index (Phi) is 2.42. The maximum atomic E-state index is 9.71. The standard InChI is InChI=1S/C11H13NOS/c1-12-9(7-14-2)6-8-4-3-5-10(13)11(8)12/h3-6,13H,7H2,1-2H3. The average Bonchev–Trinajstić information content (AvgIpc) is 2.46.